The molecule has 0 radical (unpaired) electrons. The number of ether oxygens (including phenoxy) is 2. The zero-order chi connectivity index (χ0) is 23.0. The molecule has 0 unspecified atom stereocenters. The van der Waals surface area contributed by atoms with Crippen molar-refractivity contribution in [2.24, 2.45) is 4.99 Å². The number of unbranched alkanes of at least 4 members (excludes halogenated alkanes) is 1. The molecule has 2 heterocycles. The molecule has 33 heavy (non-hydrogen) atoms. The number of morpholine rings is 1. The molecule has 0 saturated carbocycles. The molecule has 0 atom stereocenters. The van der Waals surface area contributed by atoms with Crippen molar-refractivity contribution in [2.45, 2.75) is 26.7 Å². The van der Waals surface area contributed by atoms with Crippen molar-refractivity contribution < 1.29 is 14.3 Å². The van der Waals surface area contributed by atoms with E-state index in [0.29, 0.717) is 12.3 Å². The minimum absolute atomic E-state index is 0.101. The van der Waals surface area contributed by atoms with Crippen LogP contribution in [0.25, 0.3) is 6.08 Å². The summed E-state index contributed by atoms with van der Waals surface area (Å²) in [7, 11) is 0. The van der Waals surface area contributed by atoms with Gasteiger partial charge in [-0.2, -0.15) is 0 Å². The Balaban J connectivity index is 1.55. The fourth-order valence-electron chi connectivity index (χ4n) is 3.75. The van der Waals surface area contributed by atoms with E-state index in [4.69, 9.17) is 14.5 Å². The van der Waals surface area contributed by atoms with Gasteiger partial charge in [0.05, 0.1) is 25.5 Å². The van der Waals surface area contributed by atoms with Crippen LogP contribution in [0.15, 0.2) is 59.2 Å². The highest BCUT2D eigenvalue weighted by atomic mass is 32.2. The third kappa shape index (κ3) is 5.78. The predicted octanol–water partition coefficient (Wildman–Crippen LogP) is 5.20. The normalized spacial score (nSPS) is 17.6. The van der Waals surface area contributed by atoms with Crippen LogP contribution in [-0.2, 0) is 9.53 Å². The van der Waals surface area contributed by atoms with Gasteiger partial charge in [-0.15, -0.1) is 0 Å². The van der Waals surface area contributed by atoms with E-state index in [9.17, 15) is 4.79 Å². The Morgan fingerprint density at radius 1 is 1.03 bits per heavy atom. The van der Waals surface area contributed by atoms with Gasteiger partial charge in [-0.05, 0) is 61.4 Å². The Morgan fingerprint density at radius 2 is 1.73 bits per heavy atom. The van der Waals surface area contributed by atoms with Gasteiger partial charge in [0.2, 0.25) is 0 Å². The molecule has 6 nitrogen and oxygen atoms in total. The van der Waals surface area contributed by atoms with Gasteiger partial charge >= 0.3 is 0 Å². The zero-order valence-electron chi connectivity index (χ0n) is 19.3. The summed E-state index contributed by atoms with van der Waals surface area (Å²) in [5.74, 6) is 1.62. The number of benzene rings is 2. The van der Waals surface area contributed by atoms with Crippen LogP contribution in [0.1, 0.15) is 32.3 Å². The first-order valence-electron chi connectivity index (χ1n) is 11.6. The number of anilines is 2. The van der Waals surface area contributed by atoms with Gasteiger partial charge in [0, 0.05) is 24.5 Å². The standard InChI is InChI=1S/C26H31N3O3S/c1-3-5-18-33-26-27-24(25(30)29(26)22-10-12-23(13-11-22)32-4-2)19-20-6-8-21(9-7-20)28-14-16-31-17-15-28/h6-13,19H,3-5,14-18H2,1-2H3/b24-19+. The van der Waals surface area contributed by atoms with Crippen molar-refractivity contribution in [1.29, 1.82) is 0 Å². The number of aliphatic imine (C=N–C) groups is 1. The van der Waals surface area contributed by atoms with E-state index in [1.165, 1.54) is 5.69 Å². The molecule has 2 aromatic rings. The highest BCUT2D eigenvalue weighted by molar-refractivity contribution is 8.14. The summed E-state index contributed by atoms with van der Waals surface area (Å²) in [6.07, 6.45) is 4.06. The summed E-state index contributed by atoms with van der Waals surface area (Å²) in [5.41, 5.74) is 3.40. The lowest BCUT2D eigenvalue weighted by Gasteiger charge is -2.28. The van der Waals surface area contributed by atoms with E-state index < -0.39 is 0 Å². The van der Waals surface area contributed by atoms with Crippen LogP contribution in [0.2, 0.25) is 0 Å². The van der Waals surface area contributed by atoms with E-state index in [0.717, 1.165) is 67.1 Å². The number of carbonyl (C=O) groups is 1. The number of thioether (sulfide) groups is 1. The number of amidine groups is 1. The number of hydrogen-bond donors (Lipinski definition) is 0. The highest BCUT2D eigenvalue weighted by Crippen LogP contribution is 2.31. The third-order valence-electron chi connectivity index (χ3n) is 5.54. The van der Waals surface area contributed by atoms with Crippen molar-refractivity contribution in [2.75, 3.05) is 48.5 Å². The van der Waals surface area contributed by atoms with Crippen molar-refractivity contribution in [3.8, 4) is 5.75 Å². The highest BCUT2D eigenvalue weighted by Gasteiger charge is 2.31. The van der Waals surface area contributed by atoms with Gasteiger partial charge in [-0.25, -0.2) is 4.99 Å². The zero-order valence-corrected chi connectivity index (χ0v) is 20.1. The lowest BCUT2D eigenvalue weighted by Crippen LogP contribution is -2.36. The number of rotatable bonds is 8. The second kappa shape index (κ2) is 11.4. The molecule has 0 spiro atoms. The van der Waals surface area contributed by atoms with Gasteiger partial charge < -0.3 is 14.4 Å². The average molecular weight is 466 g/mol. The van der Waals surface area contributed by atoms with Crippen LogP contribution in [0, 0.1) is 0 Å². The van der Waals surface area contributed by atoms with E-state index in [1.807, 2.05) is 49.4 Å². The van der Waals surface area contributed by atoms with Gasteiger partial charge in [0.1, 0.15) is 11.4 Å². The minimum Gasteiger partial charge on any atom is -0.494 e. The van der Waals surface area contributed by atoms with Gasteiger partial charge in [-0.1, -0.05) is 37.2 Å². The Labute approximate surface area is 200 Å². The molecule has 7 heteroatoms. The minimum atomic E-state index is -0.101. The van der Waals surface area contributed by atoms with E-state index in [1.54, 1.807) is 16.7 Å². The Kier molecular flexibility index (Phi) is 8.07. The monoisotopic (exact) mass is 465 g/mol. The molecule has 0 aliphatic carbocycles. The first kappa shape index (κ1) is 23.4. The summed E-state index contributed by atoms with van der Waals surface area (Å²) in [6.45, 7) is 8.05. The SMILES string of the molecule is CCCCSC1=N/C(=C/c2ccc(N3CCOCC3)cc2)C(=O)N1c1ccc(OCC)cc1. The maximum absolute atomic E-state index is 13.4. The van der Waals surface area contributed by atoms with Crippen molar-refractivity contribution in [3.05, 3.63) is 59.8 Å². The molecule has 2 aromatic carbocycles. The molecule has 1 fully saturated rings. The Bertz CT molecular complexity index is 996. The maximum atomic E-state index is 13.4. The molecule has 0 aromatic heterocycles. The second-order valence-electron chi connectivity index (χ2n) is 7.88. The molecule has 174 valence electrons. The number of hydrogen-bond acceptors (Lipinski definition) is 6. The largest absolute Gasteiger partial charge is 0.494 e. The van der Waals surface area contributed by atoms with E-state index in [-0.39, 0.29) is 5.91 Å². The second-order valence-corrected chi connectivity index (χ2v) is 8.95. The fraction of sp³-hybridized carbons (Fsp3) is 0.385. The molecule has 1 amide bonds. The first-order valence-corrected chi connectivity index (χ1v) is 12.6. The first-order chi connectivity index (χ1) is 16.2. The summed E-state index contributed by atoms with van der Waals surface area (Å²) in [5, 5.41) is 0.730. The van der Waals surface area contributed by atoms with Gasteiger partial charge in [0.15, 0.2) is 5.17 Å². The maximum Gasteiger partial charge on any atom is 0.283 e. The van der Waals surface area contributed by atoms with Crippen LogP contribution in [0.3, 0.4) is 0 Å². The van der Waals surface area contributed by atoms with Crippen molar-refractivity contribution >= 4 is 40.3 Å². The molecule has 2 aliphatic heterocycles. The summed E-state index contributed by atoms with van der Waals surface area (Å²) < 4.78 is 11.0. The van der Waals surface area contributed by atoms with Crippen LogP contribution >= 0.6 is 11.8 Å². The van der Waals surface area contributed by atoms with Gasteiger partial charge in [0.25, 0.3) is 5.91 Å². The topological polar surface area (TPSA) is 54.4 Å². The number of carbonyl (C=O) groups excluding carboxylic acids is 1. The quantitative estimate of drug-likeness (QED) is 0.396. The van der Waals surface area contributed by atoms with Gasteiger partial charge in [-0.3, -0.25) is 9.69 Å². The summed E-state index contributed by atoms with van der Waals surface area (Å²) in [6, 6.07) is 15.9. The Hall–Kier alpha value is -2.77. The number of amides is 1. The smallest absolute Gasteiger partial charge is 0.283 e. The summed E-state index contributed by atoms with van der Waals surface area (Å²) in [4.78, 5) is 22.1. The Morgan fingerprint density at radius 3 is 2.39 bits per heavy atom. The molecular weight excluding hydrogens is 434 g/mol. The average Bonchev–Trinajstić information content (AvgIpc) is 3.16. The van der Waals surface area contributed by atoms with Crippen molar-refractivity contribution in [1.82, 2.24) is 0 Å². The van der Waals surface area contributed by atoms with Crippen LogP contribution in [0.4, 0.5) is 11.4 Å². The number of nitrogens with zero attached hydrogens (tertiary/aromatic N) is 3. The molecule has 2 aliphatic rings. The third-order valence-corrected chi connectivity index (χ3v) is 6.56. The van der Waals surface area contributed by atoms with Crippen LogP contribution in [0.5, 0.6) is 5.75 Å². The van der Waals surface area contributed by atoms with Crippen LogP contribution in [-0.4, -0.2) is 49.7 Å². The molecular formula is C26H31N3O3S. The lowest BCUT2D eigenvalue weighted by atomic mass is 10.1. The lowest BCUT2D eigenvalue weighted by molar-refractivity contribution is -0.113. The molecule has 0 bridgehead atoms. The summed E-state index contributed by atoms with van der Waals surface area (Å²) >= 11 is 1.63. The van der Waals surface area contributed by atoms with E-state index in [2.05, 4.69) is 24.0 Å². The van der Waals surface area contributed by atoms with Crippen molar-refractivity contribution in [3.63, 3.8) is 0 Å². The van der Waals surface area contributed by atoms with Crippen LogP contribution < -0.4 is 14.5 Å². The molecule has 1 saturated heterocycles. The predicted molar refractivity (Wildman–Crippen MR) is 137 cm³/mol. The van der Waals surface area contributed by atoms with E-state index >= 15 is 0 Å². The fourth-order valence-corrected chi connectivity index (χ4v) is 4.84. The molecule has 4 rings (SSSR count). The molecule has 0 N–H and O–H groups in total.